The van der Waals surface area contributed by atoms with Gasteiger partial charge in [0.25, 0.3) is 0 Å². The fourth-order valence-corrected chi connectivity index (χ4v) is 1.77. The third-order valence-electron chi connectivity index (χ3n) is 1.59. The van der Waals surface area contributed by atoms with E-state index in [0.29, 0.717) is 4.47 Å². The molecule has 1 aromatic rings. The van der Waals surface area contributed by atoms with Gasteiger partial charge in [0.15, 0.2) is 6.10 Å². The lowest BCUT2D eigenvalue weighted by atomic mass is 10.1. The van der Waals surface area contributed by atoms with Crippen molar-refractivity contribution in [2.24, 2.45) is 0 Å². The fourth-order valence-electron chi connectivity index (χ4n) is 0.885. The van der Waals surface area contributed by atoms with E-state index in [4.69, 9.17) is 28.3 Å². The SMILES string of the molecule is O=C(O)C(O)c1ccc(Br)c(Cl)c1Cl. The van der Waals surface area contributed by atoms with Gasteiger partial charge >= 0.3 is 5.97 Å². The van der Waals surface area contributed by atoms with E-state index in [2.05, 4.69) is 15.9 Å². The minimum absolute atomic E-state index is 0.0379. The fraction of sp³-hybridized carbons (Fsp3) is 0.125. The molecule has 0 aliphatic heterocycles. The molecule has 1 atom stereocenters. The van der Waals surface area contributed by atoms with Crippen molar-refractivity contribution in [3.05, 3.63) is 32.2 Å². The van der Waals surface area contributed by atoms with Crippen molar-refractivity contribution in [1.29, 1.82) is 0 Å². The first kappa shape index (κ1) is 11.8. The van der Waals surface area contributed by atoms with Crippen molar-refractivity contribution in [2.75, 3.05) is 0 Å². The van der Waals surface area contributed by atoms with Crippen LogP contribution in [0.5, 0.6) is 0 Å². The Kier molecular flexibility index (Phi) is 3.78. The Morgan fingerprint density at radius 2 is 1.93 bits per heavy atom. The second-order valence-electron chi connectivity index (χ2n) is 2.51. The summed E-state index contributed by atoms with van der Waals surface area (Å²) in [6.07, 6.45) is -1.66. The molecule has 0 bridgehead atoms. The summed E-state index contributed by atoms with van der Waals surface area (Å²) in [5.74, 6) is -1.37. The Balaban J connectivity index is 3.24. The van der Waals surface area contributed by atoms with Crippen molar-refractivity contribution in [1.82, 2.24) is 0 Å². The molecule has 0 aromatic heterocycles. The van der Waals surface area contributed by atoms with Crippen LogP contribution in [0.1, 0.15) is 11.7 Å². The maximum Gasteiger partial charge on any atom is 0.337 e. The quantitative estimate of drug-likeness (QED) is 0.826. The van der Waals surface area contributed by atoms with E-state index in [1.807, 2.05) is 0 Å². The summed E-state index contributed by atoms with van der Waals surface area (Å²) >= 11 is 14.6. The van der Waals surface area contributed by atoms with Gasteiger partial charge in [-0.3, -0.25) is 0 Å². The zero-order valence-corrected chi connectivity index (χ0v) is 9.77. The minimum atomic E-state index is -1.66. The number of carbonyl (C=O) groups is 1. The van der Waals surface area contributed by atoms with Gasteiger partial charge < -0.3 is 10.2 Å². The van der Waals surface area contributed by atoms with E-state index in [0.717, 1.165) is 0 Å². The van der Waals surface area contributed by atoms with Crippen LogP contribution in [-0.4, -0.2) is 16.2 Å². The first-order valence-electron chi connectivity index (χ1n) is 3.49. The molecule has 0 aliphatic carbocycles. The summed E-state index contributed by atoms with van der Waals surface area (Å²) in [5, 5.41) is 18.0. The van der Waals surface area contributed by atoms with Crippen LogP contribution in [0.3, 0.4) is 0 Å². The van der Waals surface area contributed by atoms with Crippen LogP contribution in [0.25, 0.3) is 0 Å². The molecule has 76 valence electrons. The maximum atomic E-state index is 10.5. The number of benzene rings is 1. The van der Waals surface area contributed by atoms with Crippen molar-refractivity contribution < 1.29 is 15.0 Å². The highest BCUT2D eigenvalue weighted by molar-refractivity contribution is 9.10. The molecule has 0 spiro atoms. The smallest absolute Gasteiger partial charge is 0.337 e. The van der Waals surface area contributed by atoms with E-state index in [1.54, 1.807) is 0 Å². The molecule has 0 fully saturated rings. The lowest BCUT2D eigenvalue weighted by Crippen LogP contribution is -2.11. The molecule has 1 rings (SSSR count). The maximum absolute atomic E-state index is 10.5. The summed E-state index contributed by atoms with van der Waals surface area (Å²) in [5.41, 5.74) is 0.0763. The molecule has 3 nitrogen and oxygen atoms in total. The Morgan fingerprint density at radius 3 is 2.43 bits per heavy atom. The highest BCUT2D eigenvalue weighted by atomic mass is 79.9. The summed E-state index contributed by atoms with van der Waals surface area (Å²) in [6, 6.07) is 2.92. The molecule has 0 radical (unpaired) electrons. The molecule has 1 aromatic carbocycles. The summed E-state index contributed by atoms with van der Waals surface area (Å²) in [6.45, 7) is 0. The van der Waals surface area contributed by atoms with Crippen LogP contribution in [0.4, 0.5) is 0 Å². The first-order chi connectivity index (χ1) is 6.45. The van der Waals surface area contributed by atoms with Crippen LogP contribution < -0.4 is 0 Å². The van der Waals surface area contributed by atoms with E-state index in [1.165, 1.54) is 12.1 Å². The summed E-state index contributed by atoms with van der Waals surface area (Å²) < 4.78 is 0.547. The number of halogens is 3. The second kappa shape index (κ2) is 4.49. The molecular weight excluding hydrogens is 295 g/mol. The molecule has 1 unspecified atom stereocenters. The predicted molar refractivity (Wildman–Crippen MR) is 56.8 cm³/mol. The average Bonchev–Trinajstić information content (AvgIpc) is 2.13. The largest absolute Gasteiger partial charge is 0.479 e. The monoisotopic (exact) mass is 298 g/mol. The van der Waals surface area contributed by atoms with Gasteiger partial charge in [-0.1, -0.05) is 29.3 Å². The number of hydrogen-bond donors (Lipinski definition) is 2. The molecule has 0 heterocycles. The first-order valence-corrected chi connectivity index (χ1v) is 5.04. The molecule has 0 aliphatic rings. The Morgan fingerprint density at radius 1 is 1.36 bits per heavy atom. The topological polar surface area (TPSA) is 57.5 Å². The highest BCUT2D eigenvalue weighted by Crippen LogP contribution is 2.35. The van der Waals surface area contributed by atoms with Gasteiger partial charge in [0, 0.05) is 10.0 Å². The van der Waals surface area contributed by atoms with E-state index in [-0.39, 0.29) is 15.6 Å². The van der Waals surface area contributed by atoms with E-state index >= 15 is 0 Å². The Labute approximate surface area is 98.4 Å². The third-order valence-corrected chi connectivity index (χ3v) is 3.38. The number of carboxylic acid groups (broad SMARTS) is 1. The van der Waals surface area contributed by atoms with E-state index in [9.17, 15) is 9.90 Å². The van der Waals surface area contributed by atoms with Gasteiger partial charge in [-0.2, -0.15) is 0 Å². The van der Waals surface area contributed by atoms with Gasteiger partial charge in [-0.15, -0.1) is 0 Å². The van der Waals surface area contributed by atoms with E-state index < -0.39 is 12.1 Å². The molecule has 6 heteroatoms. The molecule has 0 amide bonds. The molecule has 2 N–H and O–H groups in total. The van der Waals surface area contributed by atoms with Crippen LogP contribution in [-0.2, 0) is 4.79 Å². The van der Waals surface area contributed by atoms with Gasteiger partial charge in [-0.05, 0) is 22.0 Å². The van der Waals surface area contributed by atoms with Crippen LogP contribution in [0, 0.1) is 0 Å². The summed E-state index contributed by atoms with van der Waals surface area (Å²) in [4.78, 5) is 10.5. The number of aliphatic hydroxyl groups excluding tert-OH is 1. The van der Waals surface area contributed by atoms with Crippen molar-refractivity contribution >= 4 is 45.1 Å². The van der Waals surface area contributed by atoms with Crippen molar-refractivity contribution in [2.45, 2.75) is 6.10 Å². The molecular formula is C8H5BrCl2O3. The lowest BCUT2D eigenvalue weighted by molar-refractivity contribution is -0.146. The van der Waals surface area contributed by atoms with Crippen LogP contribution in [0.15, 0.2) is 16.6 Å². The molecule has 14 heavy (non-hydrogen) atoms. The second-order valence-corrected chi connectivity index (χ2v) is 4.12. The van der Waals surface area contributed by atoms with Crippen molar-refractivity contribution in [3.8, 4) is 0 Å². The van der Waals surface area contributed by atoms with Crippen molar-refractivity contribution in [3.63, 3.8) is 0 Å². The van der Waals surface area contributed by atoms with Crippen LogP contribution >= 0.6 is 39.1 Å². The van der Waals surface area contributed by atoms with Gasteiger partial charge in [0.2, 0.25) is 0 Å². The average molecular weight is 300 g/mol. The van der Waals surface area contributed by atoms with Gasteiger partial charge in [0.1, 0.15) is 0 Å². The van der Waals surface area contributed by atoms with Crippen LogP contribution in [0.2, 0.25) is 10.0 Å². The molecule has 0 saturated carbocycles. The molecule has 0 saturated heterocycles. The Bertz CT molecular complexity index is 381. The minimum Gasteiger partial charge on any atom is -0.479 e. The lowest BCUT2D eigenvalue weighted by Gasteiger charge is -2.09. The van der Waals surface area contributed by atoms with Gasteiger partial charge in [-0.25, -0.2) is 4.79 Å². The Hall–Kier alpha value is -0.290. The number of aliphatic hydroxyl groups is 1. The van der Waals surface area contributed by atoms with Gasteiger partial charge in [0.05, 0.1) is 10.0 Å². The number of carboxylic acids is 1. The standard InChI is InChI=1S/C8H5BrCl2O3/c9-4-2-1-3(5(10)6(4)11)7(12)8(13)14/h1-2,7,12H,(H,13,14). The summed E-state index contributed by atoms with van der Waals surface area (Å²) in [7, 11) is 0. The predicted octanol–water partition coefficient (Wildman–Crippen LogP) is 2.87. The zero-order valence-electron chi connectivity index (χ0n) is 6.67. The number of hydrogen-bond acceptors (Lipinski definition) is 2. The number of aliphatic carboxylic acids is 1. The highest BCUT2D eigenvalue weighted by Gasteiger charge is 2.21. The normalized spacial score (nSPS) is 12.6. The number of rotatable bonds is 2. The third kappa shape index (κ3) is 2.20. The zero-order chi connectivity index (χ0) is 10.9.